The largest absolute Gasteiger partial charge is 0.240 e. The first-order chi connectivity index (χ1) is 6.70. The Morgan fingerprint density at radius 3 is 1.57 bits per heavy atom. The Balaban J connectivity index is 3.39. The van der Waals surface area contributed by atoms with Crippen LogP contribution in [0.15, 0.2) is 22.1 Å². The lowest BCUT2D eigenvalue weighted by molar-refractivity contribution is 0.564. The molecule has 14 heavy (non-hydrogen) atoms. The maximum Gasteiger partial charge on any atom is 0.240 e. The highest BCUT2D eigenvalue weighted by atomic mass is 16.1. The number of benzene rings is 1. The SMILES string of the molecule is Cc1c(N=C=O)ccc(N=C=O)c1C. The first-order valence-electron chi connectivity index (χ1n) is 3.96. The van der Waals surface area contributed by atoms with Gasteiger partial charge in [-0.25, -0.2) is 9.59 Å². The molecule has 0 saturated heterocycles. The second-order valence-electron chi connectivity index (χ2n) is 2.76. The first kappa shape index (κ1) is 10.1. The summed E-state index contributed by atoms with van der Waals surface area (Å²) in [7, 11) is 0. The predicted octanol–water partition coefficient (Wildman–Crippen LogP) is 2.24. The van der Waals surface area contributed by atoms with Gasteiger partial charge in [0.2, 0.25) is 12.2 Å². The summed E-state index contributed by atoms with van der Waals surface area (Å²) in [5.74, 6) is 0. The standard InChI is InChI=1S/C10H8N2O2/c1-7-8(2)10(12-6-14)4-3-9(7)11-5-13/h3-4H,1-2H3. The van der Waals surface area contributed by atoms with Gasteiger partial charge in [0.1, 0.15) is 0 Å². The lowest BCUT2D eigenvalue weighted by Gasteiger charge is -2.04. The van der Waals surface area contributed by atoms with Crippen molar-refractivity contribution in [1.29, 1.82) is 0 Å². The molecular formula is C10H8N2O2. The van der Waals surface area contributed by atoms with E-state index < -0.39 is 0 Å². The Kier molecular flexibility index (Phi) is 3.08. The smallest absolute Gasteiger partial charge is 0.211 e. The van der Waals surface area contributed by atoms with Crippen molar-refractivity contribution < 1.29 is 9.59 Å². The molecule has 4 heteroatoms. The molecule has 0 radical (unpaired) electrons. The summed E-state index contributed by atoms with van der Waals surface area (Å²) in [6.45, 7) is 3.60. The van der Waals surface area contributed by atoms with Gasteiger partial charge in [0.05, 0.1) is 11.4 Å². The minimum absolute atomic E-state index is 0.544. The lowest BCUT2D eigenvalue weighted by Crippen LogP contribution is -1.82. The molecule has 70 valence electrons. The Hall–Kier alpha value is -2.02. The van der Waals surface area contributed by atoms with E-state index in [9.17, 15) is 9.59 Å². The maximum absolute atomic E-state index is 10.1. The molecule has 1 aromatic rings. The Labute approximate surface area is 81.0 Å². The van der Waals surface area contributed by atoms with Crippen LogP contribution in [-0.4, -0.2) is 12.2 Å². The van der Waals surface area contributed by atoms with Gasteiger partial charge in [-0.1, -0.05) is 0 Å². The van der Waals surface area contributed by atoms with Crippen LogP contribution in [0.2, 0.25) is 0 Å². The highest BCUT2D eigenvalue weighted by Gasteiger charge is 2.04. The Morgan fingerprint density at radius 1 is 0.929 bits per heavy atom. The van der Waals surface area contributed by atoms with E-state index in [1.165, 1.54) is 12.2 Å². The molecule has 0 N–H and O–H groups in total. The van der Waals surface area contributed by atoms with Gasteiger partial charge in [-0.3, -0.25) is 0 Å². The zero-order valence-electron chi connectivity index (χ0n) is 7.87. The van der Waals surface area contributed by atoms with Gasteiger partial charge in [-0.2, -0.15) is 9.98 Å². The van der Waals surface area contributed by atoms with Crippen LogP contribution in [0.5, 0.6) is 0 Å². The fourth-order valence-electron chi connectivity index (χ4n) is 1.13. The van der Waals surface area contributed by atoms with Gasteiger partial charge in [0, 0.05) is 0 Å². The predicted molar refractivity (Wildman–Crippen MR) is 51.5 cm³/mol. The molecule has 0 heterocycles. The summed E-state index contributed by atoms with van der Waals surface area (Å²) in [5, 5.41) is 0. The van der Waals surface area contributed by atoms with E-state index in [0.717, 1.165) is 11.1 Å². The summed E-state index contributed by atoms with van der Waals surface area (Å²) in [5.41, 5.74) is 2.71. The molecule has 0 amide bonds. The van der Waals surface area contributed by atoms with Crippen molar-refractivity contribution in [2.24, 2.45) is 9.98 Å². The van der Waals surface area contributed by atoms with E-state index in [0.29, 0.717) is 11.4 Å². The summed E-state index contributed by atoms with van der Waals surface area (Å²) in [4.78, 5) is 27.2. The fraction of sp³-hybridized carbons (Fsp3) is 0.200. The average molecular weight is 188 g/mol. The van der Waals surface area contributed by atoms with Crippen LogP contribution in [0.1, 0.15) is 11.1 Å². The summed E-state index contributed by atoms with van der Waals surface area (Å²) in [6, 6.07) is 3.23. The molecular weight excluding hydrogens is 180 g/mol. The van der Waals surface area contributed by atoms with E-state index in [1.54, 1.807) is 26.0 Å². The number of hydrogen-bond donors (Lipinski definition) is 0. The number of nitrogens with zero attached hydrogens (tertiary/aromatic N) is 2. The molecule has 1 aromatic carbocycles. The summed E-state index contributed by atoms with van der Waals surface area (Å²) >= 11 is 0. The molecule has 0 fully saturated rings. The number of hydrogen-bond acceptors (Lipinski definition) is 4. The molecule has 0 aliphatic carbocycles. The van der Waals surface area contributed by atoms with Gasteiger partial charge in [0.15, 0.2) is 0 Å². The first-order valence-corrected chi connectivity index (χ1v) is 3.96. The van der Waals surface area contributed by atoms with Crippen molar-refractivity contribution in [3.05, 3.63) is 23.3 Å². The third-order valence-electron chi connectivity index (χ3n) is 2.06. The molecule has 0 unspecified atom stereocenters. The zero-order valence-corrected chi connectivity index (χ0v) is 7.87. The Bertz CT molecular complexity index is 410. The third-order valence-corrected chi connectivity index (χ3v) is 2.06. The molecule has 4 nitrogen and oxygen atoms in total. The van der Waals surface area contributed by atoms with Crippen molar-refractivity contribution >= 4 is 23.5 Å². The van der Waals surface area contributed by atoms with Crippen LogP contribution in [-0.2, 0) is 9.59 Å². The Morgan fingerprint density at radius 2 is 1.29 bits per heavy atom. The van der Waals surface area contributed by atoms with E-state index in [1.807, 2.05) is 0 Å². The van der Waals surface area contributed by atoms with Crippen LogP contribution >= 0.6 is 0 Å². The van der Waals surface area contributed by atoms with E-state index in [4.69, 9.17) is 0 Å². The quantitative estimate of drug-likeness (QED) is 0.527. The summed E-state index contributed by atoms with van der Waals surface area (Å²) < 4.78 is 0. The minimum Gasteiger partial charge on any atom is -0.211 e. The highest BCUT2D eigenvalue weighted by Crippen LogP contribution is 2.28. The molecule has 1 rings (SSSR count). The van der Waals surface area contributed by atoms with Crippen LogP contribution in [0, 0.1) is 13.8 Å². The van der Waals surface area contributed by atoms with E-state index in [-0.39, 0.29) is 0 Å². The molecule has 0 aromatic heterocycles. The van der Waals surface area contributed by atoms with Crippen molar-refractivity contribution in [3.63, 3.8) is 0 Å². The third kappa shape index (κ3) is 1.83. The van der Waals surface area contributed by atoms with E-state index >= 15 is 0 Å². The number of aliphatic imine (C=N–C) groups is 2. The van der Waals surface area contributed by atoms with Crippen molar-refractivity contribution in [2.75, 3.05) is 0 Å². The topological polar surface area (TPSA) is 58.9 Å². The molecule has 0 aliphatic rings. The van der Waals surface area contributed by atoms with Gasteiger partial charge in [0.25, 0.3) is 0 Å². The number of carbonyl (C=O) groups excluding carboxylic acids is 2. The van der Waals surface area contributed by atoms with Crippen LogP contribution in [0.3, 0.4) is 0 Å². The number of rotatable bonds is 2. The van der Waals surface area contributed by atoms with Crippen LogP contribution < -0.4 is 0 Å². The van der Waals surface area contributed by atoms with Gasteiger partial charge in [-0.05, 0) is 37.1 Å². The minimum atomic E-state index is 0.544. The van der Waals surface area contributed by atoms with E-state index in [2.05, 4.69) is 9.98 Å². The average Bonchev–Trinajstić information content (AvgIpc) is 2.18. The molecule has 0 saturated carbocycles. The maximum atomic E-state index is 10.1. The van der Waals surface area contributed by atoms with Gasteiger partial charge >= 0.3 is 0 Å². The zero-order chi connectivity index (χ0) is 10.6. The van der Waals surface area contributed by atoms with Crippen LogP contribution in [0.4, 0.5) is 11.4 Å². The second-order valence-corrected chi connectivity index (χ2v) is 2.76. The van der Waals surface area contributed by atoms with Crippen molar-refractivity contribution in [3.8, 4) is 0 Å². The van der Waals surface area contributed by atoms with Crippen molar-refractivity contribution in [2.45, 2.75) is 13.8 Å². The summed E-state index contributed by atoms with van der Waals surface area (Å²) in [6.07, 6.45) is 2.94. The monoisotopic (exact) mass is 188 g/mol. The second kappa shape index (κ2) is 4.28. The van der Waals surface area contributed by atoms with Crippen molar-refractivity contribution in [1.82, 2.24) is 0 Å². The molecule has 0 atom stereocenters. The van der Waals surface area contributed by atoms with Gasteiger partial charge < -0.3 is 0 Å². The molecule has 0 bridgehead atoms. The molecule has 0 spiro atoms. The fourth-order valence-corrected chi connectivity index (χ4v) is 1.13. The molecule has 0 aliphatic heterocycles. The van der Waals surface area contributed by atoms with Crippen LogP contribution in [0.25, 0.3) is 0 Å². The van der Waals surface area contributed by atoms with Gasteiger partial charge in [-0.15, -0.1) is 0 Å². The highest BCUT2D eigenvalue weighted by molar-refractivity contribution is 5.64. The lowest BCUT2D eigenvalue weighted by atomic mass is 10.1. The number of isocyanates is 2. The normalized spacial score (nSPS) is 8.71.